The molecule has 168 valence electrons. The number of rotatable bonds is 1. The molecule has 8 nitrogen and oxygen atoms in total. The number of fused-ring (bicyclic) bond motifs is 9. The third kappa shape index (κ3) is 2.32. The summed E-state index contributed by atoms with van der Waals surface area (Å²) < 4.78 is 36.6. The molecule has 3 aromatic heterocycles. The van der Waals surface area contributed by atoms with Crippen molar-refractivity contribution in [3.63, 3.8) is 0 Å². The molecule has 8 rings (SSSR count). The van der Waals surface area contributed by atoms with Crippen molar-refractivity contribution in [2.24, 2.45) is 0 Å². The van der Waals surface area contributed by atoms with Gasteiger partial charge in [-0.2, -0.15) is 16.4 Å². The topological polar surface area (TPSA) is 86.2 Å². The van der Waals surface area contributed by atoms with E-state index in [2.05, 4.69) is 0 Å². The Hall–Kier alpha value is -4.63. The fourth-order valence-corrected chi connectivity index (χ4v) is 6.60. The molecule has 0 amide bonds. The van der Waals surface area contributed by atoms with Gasteiger partial charge in [0.25, 0.3) is 0 Å². The number of hydrogen-bond acceptors (Lipinski definition) is 6. The van der Waals surface area contributed by atoms with Gasteiger partial charge in [-0.05, 0) is 42.5 Å². The predicted octanol–water partition coefficient (Wildman–Crippen LogP) is 5.71. The molecule has 1 aliphatic heterocycles. The molecule has 0 saturated heterocycles. The van der Waals surface area contributed by atoms with Crippen molar-refractivity contribution < 1.29 is 12.8 Å². The van der Waals surface area contributed by atoms with Gasteiger partial charge >= 0.3 is 10.2 Å². The number of furan rings is 1. The molecule has 0 N–H and O–H groups in total. The van der Waals surface area contributed by atoms with Gasteiger partial charge in [0.15, 0.2) is 0 Å². The molecular formula is C26H15N5O3S. The highest BCUT2D eigenvalue weighted by Gasteiger charge is 2.39. The Kier molecular flexibility index (Phi) is 3.36. The van der Waals surface area contributed by atoms with Crippen LogP contribution >= 0.6 is 0 Å². The van der Waals surface area contributed by atoms with Crippen LogP contribution in [-0.4, -0.2) is 26.3 Å². The lowest BCUT2D eigenvalue weighted by atomic mass is 10.1. The lowest BCUT2D eigenvalue weighted by molar-refractivity contribution is 0.578. The number of nitrogens with zero attached hydrogens (tertiary/aromatic N) is 5. The Labute approximate surface area is 198 Å². The fraction of sp³-hybridized carbons (Fsp3) is 0. The third-order valence-electron chi connectivity index (χ3n) is 6.49. The second-order valence-corrected chi connectivity index (χ2v) is 10.1. The van der Waals surface area contributed by atoms with Crippen molar-refractivity contribution in [1.82, 2.24) is 17.9 Å². The van der Waals surface area contributed by atoms with Crippen LogP contribution in [0.15, 0.2) is 95.4 Å². The number of benzene rings is 4. The maximum absolute atomic E-state index is 14.0. The highest BCUT2D eigenvalue weighted by Crippen LogP contribution is 2.44. The first-order valence-corrected chi connectivity index (χ1v) is 12.4. The summed E-state index contributed by atoms with van der Waals surface area (Å²) in [7, 11) is -4.03. The number of para-hydroxylation sites is 5. The minimum absolute atomic E-state index is 0.254. The zero-order valence-corrected chi connectivity index (χ0v) is 18.8. The molecule has 0 atom stereocenters. The molecule has 0 spiro atoms. The molecule has 0 saturated carbocycles. The summed E-state index contributed by atoms with van der Waals surface area (Å²) in [4.78, 5) is 11.2. The van der Waals surface area contributed by atoms with Crippen molar-refractivity contribution in [2.75, 3.05) is 4.90 Å². The normalized spacial score (nSPS) is 14.7. The zero-order chi connectivity index (χ0) is 23.3. The number of aromatic nitrogens is 4. The van der Waals surface area contributed by atoms with Crippen LogP contribution in [0.4, 0.5) is 17.6 Å². The van der Waals surface area contributed by atoms with Gasteiger partial charge in [0.1, 0.15) is 11.2 Å². The van der Waals surface area contributed by atoms with Crippen molar-refractivity contribution in [3.05, 3.63) is 91.0 Å². The van der Waals surface area contributed by atoms with Gasteiger partial charge in [-0.15, -0.1) is 0 Å². The average molecular weight is 478 g/mol. The summed E-state index contributed by atoms with van der Waals surface area (Å²) in [6, 6.07) is 28.1. The lowest BCUT2D eigenvalue weighted by Gasteiger charge is -2.29. The van der Waals surface area contributed by atoms with Crippen LogP contribution in [0.25, 0.3) is 44.0 Å². The molecule has 0 fully saturated rings. The van der Waals surface area contributed by atoms with Crippen LogP contribution in [-0.2, 0) is 10.2 Å². The van der Waals surface area contributed by atoms with Gasteiger partial charge < -0.3 is 4.42 Å². The summed E-state index contributed by atoms with van der Waals surface area (Å²) >= 11 is 0. The molecule has 0 aliphatic carbocycles. The minimum atomic E-state index is -4.03. The lowest BCUT2D eigenvalue weighted by Crippen LogP contribution is -2.33. The van der Waals surface area contributed by atoms with Gasteiger partial charge in [-0.25, -0.2) is 14.9 Å². The first kappa shape index (κ1) is 18.8. The van der Waals surface area contributed by atoms with Gasteiger partial charge in [-0.1, -0.05) is 42.5 Å². The third-order valence-corrected chi connectivity index (χ3v) is 8.13. The van der Waals surface area contributed by atoms with Crippen molar-refractivity contribution in [1.29, 1.82) is 0 Å². The highest BCUT2D eigenvalue weighted by molar-refractivity contribution is 7.89. The molecule has 1 aliphatic rings. The van der Waals surface area contributed by atoms with Gasteiger partial charge in [0.2, 0.25) is 11.9 Å². The van der Waals surface area contributed by atoms with Gasteiger partial charge in [0.05, 0.1) is 27.8 Å². The van der Waals surface area contributed by atoms with Gasteiger partial charge in [-0.3, -0.25) is 0 Å². The van der Waals surface area contributed by atoms with Crippen molar-refractivity contribution in [2.45, 2.75) is 0 Å². The smallest absolute Gasteiger partial charge is 0.340 e. The molecule has 0 unspecified atom stereocenters. The first-order valence-electron chi connectivity index (χ1n) is 11.0. The molecule has 0 radical (unpaired) electrons. The Balaban J connectivity index is 1.50. The maximum Gasteiger partial charge on any atom is 0.340 e. The van der Waals surface area contributed by atoms with E-state index in [1.54, 1.807) is 41.3 Å². The van der Waals surface area contributed by atoms with Gasteiger partial charge in [0, 0.05) is 16.8 Å². The molecule has 0 bridgehead atoms. The summed E-state index contributed by atoms with van der Waals surface area (Å²) in [5.74, 6) is 0.508. The zero-order valence-electron chi connectivity index (χ0n) is 18.0. The molecule has 4 aromatic carbocycles. The SMILES string of the molecule is O=S1(=O)n2c(nc3ccccc32)N(c2ccc3c(c2)oc2ccccc23)c2nc3ccccc3n21. The van der Waals surface area contributed by atoms with E-state index < -0.39 is 10.2 Å². The van der Waals surface area contributed by atoms with E-state index >= 15 is 0 Å². The van der Waals surface area contributed by atoms with Crippen LogP contribution in [0.2, 0.25) is 0 Å². The van der Waals surface area contributed by atoms with Crippen molar-refractivity contribution >= 4 is 71.8 Å². The molecule has 9 heteroatoms. The van der Waals surface area contributed by atoms with E-state index in [0.29, 0.717) is 33.3 Å². The second-order valence-electron chi connectivity index (χ2n) is 8.45. The number of hydrogen-bond donors (Lipinski definition) is 0. The van der Waals surface area contributed by atoms with Crippen LogP contribution in [0.1, 0.15) is 0 Å². The van der Waals surface area contributed by atoms with E-state index in [1.165, 1.54) is 7.94 Å². The number of anilines is 3. The summed E-state index contributed by atoms with van der Waals surface area (Å²) in [5, 5.41) is 2.01. The maximum atomic E-state index is 14.0. The quantitative estimate of drug-likeness (QED) is 0.301. The summed E-state index contributed by atoms with van der Waals surface area (Å²) in [6.45, 7) is 0. The van der Waals surface area contributed by atoms with E-state index in [4.69, 9.17) is 14.4 Å². The van der Waals surface area contributed by atoms with Crippen LogP contribution < -0.4 is 4.90 Å². The Morgan fingerprint density at radius 3 is 1.89 bits per heavy atom. The van der Waals surface area contributed by atoms with Crippen LogP contribution in [0, 0.1) is 0 Å². The second kappa shape index (κ2) is 6.28. The molecular weight excluding hydrogens is 462 g/mol. The van der Waals surface area contributed by atoms with E-state index in [9.17, 15) is 8.42 Å². The van der Waals surface area contributed by atoms with E-state index in [0.717, 1.165) is 16.4 Å². The summed E-state index contributed by atoms with van der Waals surface area (Å²) in [6.07, 6.45) is 0. The molecule has 7 aromatic rings. The predicted molar refractivity (Wildman–Crippen MR) is 135 cm³/mol. The molecule has 35 heavy (non-hydrogen) atoms. The standard InChI is InChI=1S/C26H15N5O3S/c32-35(33)30-21-10-4-2-8-19(21)27-25(30)29(26-28-20-9-3-5-11-22(20)31(26)35)16-13-14-18-17-7-1-6-12-23(17)34-24(18)15-16/h1-15H. The largest absolute Gasteiger partial charge is 0.456 e. The Morgan fingerprint density at radius 1 is 0.629 bits per heavy atom. The molecule has 4 heterocycles. The monoisotopic (exact) mass is 477 g/mol. The van der Waals surface area contributed by atoms with E-state index in [1.807, 2.05) is 54.6 Å². The van der Waals surface area contributed by atoms with Crippen LogP contribution in [0.5, 0.6) is 0 Å². The average Bonchev–Trinajstić information content (AvgIpc) is 3.55. The Morgan fingerprint density at radius 2 is 1.20 bits per heavy atom. The summed E-state index contributed by atoms with van der Waals surface area (Å²) in [5.41, 5.74) is 4.34. The fourth-order valence-electron chi connectivity index (χ4n) is 4.97. The number of imidazole rings is 2. The van der Waals surface area contributed by atoms with E-state index in [-0.39, 0.29) is 11.9 Å². The first-order chi connectivity index (χ1) is 17.1. The van der Waals surface area contributed by atoms with Crippen LogP contribution in [0.3, 0.4) is 0 Å². The highest BCUT2D eigenvalue weighted by atomic mass is 32.2. The Bertz CT molecular complexity index is 2010. The minimum Gasteiger partial charge on any atom is -0.456 e. The van der Waals surface area contributed by atoms with Crippen molar-refractivity contribution in [3.8, 4) is 0 Å².